The van der Waals surface area contributed by atoms with Crippen molar-refractivity contribution < 1.29 is 26.8 Å². The Morgan fingerprint density at radius 3 is 1.91 bits per heavy atom. The maximum atomic E-state index is 14.2. The van der Waals surface area contributed by atoms with Crippen LogP contribution in [0.1, 0.15) is 24.5 Å². The molecule has 2 amide bonds. The number of benzene rings is 4. The summed E-state index contributed by atoms with van der Waals surface area (Å²) >= 11 is 0. The number of nitrogens with zero attached hydrogens (tertiary/aromatic N) is 2. The van der Waals surface area contributed by atoms with Gasteiger partial charge in [-0.1, -0.05) is 67.6 Å². The second-order valence-electron chi connectivity index (χ2n) is 9.95. The maximum Gasteiger partial charge on any atom is 0.264 e. The Morgan fingerprint density at radius 2 is 1.33 bits per heavy atom. The predicted molar refractivity (Wildman–Crippen MR) is 162 cm³/mol. The highest BCUT2D eigenvalue weighted by Gasteiger charge is 2.34. The first-order chi connectivity index (χ1) is 20.7. The molecule has 4 rings (SSSR count). The topological polar surface area (TPSA) is 86.8 Å². The van der Waals surface area contributed by atoms with Crippen LogP contribution in [0.15, 0.2) is 114 Å². The fourth-order valence-electron chi connectivity index (χ4n) is 4.56. The van der Waals surface area contributed by atoms with Crippen molar-refractivity contribution in [2.75, 3.05) is 17.4 Å². The zero-order valence-electron chi connectivity index (χ0n) is 23.7. The van der Waals surface area contributed by atoms with Gasteiger partial charge in [-0.3, -0.25) is 13.9 Å². The number of carbonyl (C=O) groups is 2. The normalized spacial score (nSPS) is 11.9. The van der Waals surface area contributed by atoms with Crippen LogP contribution >= 0.6 is 0 Å². The van der Waals surface area contributed by atoms with Crippen molar-refractivity contribution in [1.29, 1.82) is 0 Å². The number of amides is 2. The van der Waals surface area contributed by atoms with Crippen molar-refractivity contribution in [3.63, 3.8) is 0 Å². The van der Waals surface area contributed by atoms with Crippen molar-refractivity contribution in [3.05, 3.63) is 132 Å². The molecule has 0 aliphatic heterocycles. The van der Waals surface area contributed by atoms with Crippen LogP contribution in [0.2, 0.25) is 0 Å². The standard InChI is InChI=1S/C33H33F2N3O4S/c1-2-21-36-33(40)31(22-25-9-5-3-6-10-25)37(23-26-13-15-27(34)16-14-26)32(39)24-38(29-11-7-4-8-12-29)43(41,42)30-19-17-28(35)18-20-30/h3-20,31H,2,21-24H2,1H3,(H,36,40)/t31-/m1/s1. The highest BCUT2D eigenvalue weighted by molar-refractivity contribution is 7.92. The van der Waals surface area contributed by atoms with Crippen molar-refractivity contribution in [3.8, 4) is 0 Å². The molecule has 0 aliphatic rings. The van der Waals surface area contributed by atoms with Gasteiger partial charge in [0.15, 0.2) is 0 Å². The summed E-state index contributed by atoms with van der Waals surface area (Å²) in [6.07, 6.45) is 0.840. The van der Waals surface area contributed by atoms with Crippen LogP contribution in [0, 0.1) is 11.6 Å². The van der Waals surface area contributed by atoms with Crippen LogP contribution in [-0.2, 0) is 32.6 Å². The zero-order valence-corrected chi connectivity index (χ0v) is 24.5. The Kier molecular flexibility index (Phi) is 10.6. The van der Waals surface area contributed by atoms with E-state index in [4.69, 9.17) is 0 Å². The summed E-state index contributed by atoms with van der Waals surface area (Å²) in [5, 5.41) is 2.87. The molecule has 224 valence electrons. The number of sulfonamides is 1. The van der Waals surface area contributed by atoms with Gasteiger partial charge in [-0.2, -0.15) is 0 Å². The van der Waals surface area contributed by atoms with Gasteiger partial charge >= 0.3 is 0 Å². The second-order valence-corrected chi connectivity index (χ2v) is 11.8. The van der Waals surface area contributed by atoms with Crippen LogP contribution in [0.25, 0.3) is 0 Å². The minimum atomic E-state index is -4.33. The third kappa shape index (κ3) is 8.26. The second kappa shape index (κ2) is 14.6. The van der Waals surface area contributed by atoms with Gasteiger partial charge in [-0.05, 0) is 66.1 Å². The lowest BCUT2D eigenvalue weighted by atomic mass is 10.0. The lowest BCUT2D eigenvalue weighted by molar-refractivity contribution is -0.140. The Labute approximate surface area is 250 Å². The smallest absolute Gasteiger partial charge is 0.264 e. The number of halogens is 2. The van der Waals surface area contributed by atoms with E-state index in [2.05, 4.69) is 5.32 Å². The Balaban J connectivity index is 1.77. The minimum absolute atomic E-state index is 0.0740. The fraction of sp³-hybridized carbons (Fsp3) is 0.212. The number of rotatable bonds is 13. The SMILES string of the molecule is CCCNC(=O)[C@@H](Cc1ccccc1)N(Cc1ccc(F)cc1)C(=O)CN(c1ccccc1)S(=O)(=O)c1ccc(F)cc1. The summed E-state index contributed by atoms with van der Waals surface area (Å²) in [5.41, 5.74) is 1.58. The van der Waals surface area contributed by atoms with Gasteiger partial charge in [0.25, 0.3) is 10.0 Å². The lowest BCUT2D eigenvalue weighted by Crippen LogP contribution is -2.53. The first-order valence-corrected chi connectivity index (χ1v) is 15.3. The molecule has 4 aromatic carbocycles. The molecule has 1 atom stereocenters. The molecule has 43 heavy (non-hydrogen) atoms. The molecule has 10 heteroatoms. The van der Waals surface area contributed by atoms with E-state index in [1.165, 1.54) is 29.2 Å². The van der Waals surface area contributed by atoms with Gasteiger partial charge in [0, 0.05) is 19.5 Å². The van der Waals surface area contributed by atoms with Crippen LogP contribution in [0.5, 0.6) is 0 Å². The molecule has 0 saturated carbocycles. The van der Waals surface area contributed by atoms with E-state index < -0.39 is 46.1 Å². The van der Waals surface area contributed by atoms with Crippen molar-refractivity contribution in [1.82, 2.24) is 10.2 Å². The first-order valence-electron chi connectivity index (χ1n) is 13.9. The summed E-state index contributed by atoms with van der Waals surface area (Å²) < 4.78 is 56.0. The largest absolute Gasteiger partial charge is 0.354 e. The molecule has 7 nitrogen and oxygen atoms in total. The summed E-state index contributed by atoms with van der Waals surface area (Å²) in [6, 6.07) is 26.2. The van der Waals surface area contributed by atoms with E-state index in [-0.39, 0.29) is 23.5 Å². The van der Waals surface area contributed by atoms with E-state index in [0.717, 1.165) is 34.1 Å². The number of carbonyl (C=O) groups excluding carboxylic acids is 2. The van der Waals surface area contributed by atoms with Crippen molar-refractivity contribution in [2.24, 2.45) is 0 Å². The number of anilines is 1. The van der Waals surface area contributed by atoms with Crippen molar-refractivity contribution in [2.45, 2.75) is 37.2 Å². The molecule has 0 heterocycles. The molecule has 1 N–H and O–H groups in total. The van der Waals surface area contributed by atoms with Crippen LogP contribution in [0.4, 0.5) is 14.5 Å². The minimum Gasteiger partial charge on any atom is -0.354 e. The quantitative estimate of drug-likeness (QED) is 0.223. The predicted octanol–water partition coefficient (Wildman–Crippen LogP) is 5.33. The molecule has 0 unspecified atom stereocenters. The van der Waals surface area contributed by atoms with Gasteiger partial charge in [0.1, 0.15) is 24.2 Å². The Bertz CT molecular complexity index is 1600. The number of nitrogens with one attached hydrogen (secondary N) is 1. The average molecular weight is 606 g/mol. The molecular formula is C33H33F2N3O4S. The molecule has 0 bridgehead atoms. The molecule has 0 radical (unpaired) electrons. The summed E-state index contributed by atoms with van der Waals surface area (Å²) in [7, 11) is -4.33. The lowest BCUT2D eigenvalue weighted by Gasteiger charge is -2.34. The Morgan fingerprint density at radius 1 is 0.767 bits per heavy atom. The van der Waals surface area contributed by atoms with Gasteiger partial charge in [0.2, 0.25) is 11.8 Å². The molecule has 0 fully saturated rings. The van der Waals surface area contributed by atoms with E-state index >= 15 is 0 Å². The first kappa shape index (κ1) is 31.4. The van der Waals surface area contributed by atoms with E-state index in [9.17, 15) is 26.8 Å². The van der Waals surface area contributed by atoms with Gasteiger partial charge < -0.3 is 10.2 Å². The zero-order chi connectivity index (χ0) is 30.8. The van der Waals surface area contributed by atoms with Crippen molar-refractivity contribution >= 4 is 27.5 Å². The van der Waals surface area contributed by atoms with E-state index in [1.54, 1.807) is 30.3 Å². The third-order valence-electron chi connectivity index (χ3n) is 6.81. The highest BCUT2D eigenvalue weighted by atomic mass is 32.2. The van der Waals surface area contributed by atoms with Gasteiger partial charge in [-0.25, -0.2) is 17.2 Å². The number of hydrogen-bond acceptors (Lipinski definition) is 4. The molecular weight excluding hydrogens is 572 g/mol. The van der Waals surface area contributed by atoms with Crippen LogP contribution in [0.3, 0.4) is 0 Å². The summed E-state index contributed by atoms with van der Waals surface area (Å²) in [6.45, 7) is 1.58. The number of para-hydroxylation sites is 1. The van der Waals surface area contributed by atoms with Gasteiger partial charge in [-0.15, -0.1) is 0 Å². The average Bonchev–Trinajstić information content (AvgIpc) is 3.02. The third-order valence-corrected chi connectivity index (χ3v) is 8.60. The molecule has 0 spiro atoms. The van der Waals surface area contributed by atoms with Crippen LogP contribution in [-0.4, -0.2) is 44.3 Å². The van der Waals surface area contributed by atoms with E-state index in [0.29, 0.717) is 18.5 Å². The number of hydrogen-bond donors (Lipinski definition) is 1. The molecule has 0 saturated heterocycles. The summed E-state index contributed by atoms with van der Waals surface area (Å²) in [4.78, 5) is 29.0. The van der Waals surface area contributed by atoms with Gasteiger partial charge in [0.05, 0.1) is 10.6 Å². The molecule has 4 aromatic rings. The van der Waals surface area contributed by atoms with E-state index in [1.807, 2.05) is 37.3 Å². The molecule has 0 aliphatic carbocycles. The fourth-order valence-corrected chi connectivity index (χ4v) is 5.98. The monoisotopic (exact) mass is 605 g/mol. The van der Waals surface area contributed by atoms with Crippen LogP contribution < -0.4 is 9.62 Å². The molecule has 0 aromatic heterocycles. The highest BCUT2D eigenvalue weighted by Crippen LogP contribution is 2.25. The Hall–Kier alpha value is -4.57. The summed E-state index contributed by atoms with van der Waals surface area (Å²) in [5.74, 6) is -2.10. The maximum absolute atomic E-state index is 14.2.